The highest BCUT2D eigenvalue weighted by Crippen LogP contribution is 2.46. The molecule has 5 rings (SSSR count). The number of nitrogens with one attached hydrogen (secondary N) is 1. The summed E-state index contributed by atoms with van der Waals surface area (Å²) in [5.74, 6) is -0.391. The maximum Gasteiger partial charge on any atom is 0.335 e. The van der Waals surface area contributed by atoms with Crippen molar-refractivity contribution < 1.29 is 23.5 Å². The Balaban J connectivity index is 1.53. The fourth-order valence-electron chi connectivity index (χ4n) is 5.02. The Kier molecular flexibility index (Phi) is 4.17. The van der Waals surface area contributed by atoms with Crippen LogP contribution in [0.4, 0.5) is 0 Å². The number of fused-ring (bicyclic) bond motifs is 1. The normalized spacial score (nSPS) is 25.6. The number of rotatable bonds is 5. The minimum absolute atomic E-state index is 0.0397. The molecule has 6 heteroatoms. The van der Waals surface area contributed by atoms with E-state index in [4.69, 9.17) is 13.6 Å². The SMILES string of the molecule is [2H]C([2H])([2H])c1cc(OC)c(CN2CCC3(CCO3)C[C@H]2c2ccc(C(=O)O)cc2)c2cc[nH]c12. The number of ether oxygens (including phenoxy) is 2. The molecule has 2 aromatic carbocycles. The molecule has 1 unspecified atom stereocenters. The third-order valence-corrected chi connectivity index (χ3v) is 6.86. The average Bonchev–Trinajstić information content (AvgIpc) is 3.27. The van der Waals surface area contributed by atoms with E-state index < -0.39 is 12.8 Å². The van der Waals surface area contributed by atoms with E-state index in [0.717, 1.165) is 48.9 Å². The summed E-state index contributed by atoms with van der Waals surface area (Å²) >= 11 is 0. The number of aromatic nitrogens is 1. The number of aromatic amines is 1. The van der Waals surface area contributed by atoms with E-state index >= 15 is 0 Å². The molecule has 0 radical (unpaired) electrons. The quantitative estimate of drug-likeness (QED) is 0.623. The van der Waals surface area contributed by atoms with Gasteiger partial charge in [-0.15, -0.1) is 0 Å². The molecule has 3 aromatic rings. The van der Waals surface area contributed by atoms with E-state index in [2.05, 4.69) is 9.88 Å². The highest BCUT2D eigenvalue weighted by molar-refractivity contribution is 5.88. The van der Waals surface area contributed by atoms with Gasteiger partial charge in [-0.05, 0) is 61.5 Å². The maximum atomic E-state index is 11.3. The molecule has 1 aromatic heterocycles. The maximum absolute atomic E-state index is 11.3. The van der Waals surface area contributed by atoms with Crippen LogP contribution in [0.5, 0.6) is 5.75 Å². The number of likely N-dealkylation sites (tertiary alicyclic amines) is 1. The summed E-state index contributed by atoms with van der Waals surface area (Å²) in [6.07, 6.45) is 4.54. The molecule has 2 saturated heterocycles. The second-order valence-electron chi connectivity index (χ2n) is 8.52. The summed E-state index contributed by atoms with van der Waals surface area (Å²) in [7, 11) is 1.57. The smallest absolute Gasteiger partial charge is 0.335 e. The number of hydrogen-bond donors (Lipinski definition) is 2. The van der Waals surface area contributed by atoms with Crippen LogP contribution in [0.3, 0.4) is 0 Å². The Bertz CT molecular complexity index is 1220. The van der Waals surface area contributed by atoms with Gasteiger partial charge in [0.15, 0.2) is 0 Å². The van der Waals surface area contributed by atoms with Crippen LogP contribution in [-0.4, -0.2) is 46.8 Å². The van der Waals surface area contributed by atoms with Crippen molar-refractivity contribution in [1.29, 1.82) is 0 Å². The number of nitrogens with zero attached hydrogens (tertiary/aromatic N) is 1. The number of carbonyl (C=O) groups is 1. The first-order chi connectivity index (χ1) is 16.2. The standard InChI is InChI=1S/C25H28N2O4/c1-16-13-22(30-2)20(19-7-10-26-23(16)19)15-27-11-8-25(9-12-31-25)14-21(27)17-3-5-18(6-4-17)24(28)29/h3-7,10,13,21,26H,8-9,11-12,14-15H2,1-2H3,(H,28,29)/t21-,25?/m0/s1/i1D3. The van der Waals surface area contributed by atoms with Crippen molar-refractivity contribution in [2.45, 2.75) is 44.3 Å². The highest BCUT2D eigenvalue weighted by atomic mass is 16.5. The number of carboxylic acids is 1. The summed E-state index contributed by atoms with van der Waals surface area (Å²) in [5.41, 5.74) is 2.97. The van der Waals surface area contributed by atoms with Crippen LogP contribution in [0.15, 0.2) is 42.6 Å². The molecule has 0 amide bonds. The lowest BCUT2D eigenvalue weighted by atomic mass is 9.78. The van der Waals surface area contributed by atoms with Gasteiger partial charge in [0.1, 0.15) is 5.75 Å². The predicted molar refractivity (Wildman–Crippen MR) is 119 cm³/mol. The molecule has 31 heavy (non-hydrogen) atoms. The Morgan fingerprint density at radius 3 is 2.81 bits per heavy atom. The number of carboxylic acid groups (broad SMARTS) is 1. The van der Waals surface area contributed by atoms with Gasteiger partial charge < -0.3 is 19.6 Å². The molecule has 2 fully saturated rings. The first-order valence-corrected chi connectivity index (χ1v) is 10.6. The number of aromatic carboxylic acids is 1. The van der Waals surface area contributed by atoms with Gasteiger partial charge in [0, 0.05) is 45.9 Å². The van der Waals surface area contributed by atoms with Crippen LogP contribution >= 0.6 is 0 Å². The fourth-order valence-corrected chi connectivity index (χ4v) is 5.02. The predicted octanol–water partition coefficient (Wildman–Crippen LogP) is 4.68. The molecule has 2 N–H and O–H groups in total. The van der Waals surface area contributed by atoms with Crippen LogP contribution in [0.1, 0.15) is 56.5 Å². The number of benzene rings is 2. The molecule has 2 atom stereocenters. The van der Waals surface area contributed by atoms with Gasteiger partial charge in [-0.3, -0.25) is 4.90 Å². The topological polar surface area (TPSA) is 74.8 Å². The van der Waals surface area contributed by atoms with Crippen molar-refractivity contribution in [3.63, 3.8) is 0 Å². The number of aryl methyl sites for hydroxylation is 1. The summed E-state index contributed by atoms with van der Waals surface area (Å²) < 4.78 is 35.5. The lowest BCUT2D eigenvalue weighted by molar-refractivity contribution is -0.185. The fraction of sp³-hybridized carbons (Fsp3) is 0.400. The molecular weight excluding hydrogens is 392 g/mol. The molecule has 0 aliphatic carbocycles. The van der Waals surface area contributed by atoms with Gasteiger partial charge >= 0.3 is 5.97 Å². The van der Waals surface area contributed by atoms with Gasteiger partial charge in [0.05, 0.1) is 24.9 Å². The van der Waals surface area contributed by atoms with Crippen molar-refractivity contribution in [3.8, 4) is 5.75 Å². The Labute approximate surface area is 186 Å². The van der Waals surface area contributed by atoms with E-state index in [0.29, 0.717) is 17.8 Å². The highest BCUT2D eigenvalue weighted by Gasteiger charge is 2.45. The average molecular weight is 424 g/mol. The van der Waals surface area contributed by atoms with Gasteiger partial charge in [-0.1, -0.05) is 12.1 Å². The van der Waals surface area contributed by atoms with Crippen molar-refractivity contribution >= 4 is 16.9 Å². The van der Waals surface area contributed by atoms with E-state index in [9.17, 15) is 9.90 Å². The molecule has 162 valence electrons. The van der Waals surface area contributed by atoms with Gasteiger partial charge in [0.25, 0.3) is 0 Å². The first-order valence-electron chi connectivity index (χ1n) is 12.1. The molecule has 2 aliphatic rings. The Morgan fingerprint density at radius 2 is 2.16 bits per heavy atom. The summed E-state index contributed by atoms with van der Waals surface area (Å²) in [6.45, 7) is -0.108. The van der Waals surface area contributed by atoms with Crippen LogP contribution in [0, 0.1) is 6.85 Å². The van der Waals surface area contributed by atoms with Crippen LogP contribution < -0.4 is 4.74 Å². The van der Waals surface area contributed by atoms with Crippen LogP contribution in [-0.2, 0) is 11.3 Å². The summed E-state index contributed by atoms with van der Waals surface area (Å²) in [6, 6.07) is 10.6. The molecule has 0 saturated carbocycles. The van der Waals surface area contributed by atoms with Crippen molar-refractivity contribution in [1.82, 2.24) is 9.88 Å². The lowest BCUT2D eigenvalue weighted by Gasteiger charge is -2.51. The van der Waals surface area contributed by atoms with E-state index in [1.165, 1.54) is 0 Å². The zero-order valence-corrected chi connectivity index (χ0v) is 17.5. The Morgan fingerprint density at radius 1 is 1.35 bits per heavy atom. The number of methoxy groups -OCH3 is 1. The molecular formula is C25H28N2O4. The monoisotopic (exact) mass is 423 g/mol. The number of hydrogen-bond acceptors (Lipinski definition) is 4. The van der Waals surface area contributed by atoms with Crippen molar-refractivity contribution in [2.75, 3.05) is 20.3 Å². The summed E-state index contributed by atoms with van der Waals surface area (Å²) in [5, 5.41) is 10.1. The molecule has 0 bridgehead atoms. The minimum Gasteiger partial charge on any atom is -0.496 e. The van der Waals surface area contributed by atoms with E-state index in [1.807, 2.05) is 18.2 Å². The number of piperidine rings is 1. The third kappa shape index (κ3) is 3.50. The van der Waals surface area contributed by atoms with E-state index in [-0.39, 0.29) is 22.8 Å². The van der Waals surface area contributed by atoms with Gasteiger partial charge in [-0.2, -0.15) is 0 Å². The van der Waals surface area contributed by atoms with Gasteiger partial charge in [-0.25, -0.2) is 4.79 Å². The van der Waals surface area contributed by atoms with Crippen LogP contribution in [0.25, 0.3) is 10.9 Å². The second kappa shape index (κ2) is 7.70. The molecule has 1 spiro atoms. The second-order valence-corrected chi connectivity index (χ2v) is 8.52. The third-order valence-electron chi connectivity index (χ3n) is 6.86. The first kappa shape index (κ1) is 16.8. The van der Waals surface area contributed by atoms with Crippen molar-refractivity contribution in [3.05, 3.63) is 64.8 Å². The number of H-pyrrole nitrogens is 1. The van der Waals surface area contributed by atoms with E-state index in [1.54, 1.807) is 31.5 Å². The Hall–Kier alpha value is -2.83. The largest absolute Gasteiger partial charge is 0.496 e. The molecule has 6 nitrogen and oxygen atoms in total. The molecule has 3 heterocycles. The van der Waals surface area contributed by atoms with Crippen molar-refractivity contribution in [2.24, 2.45) is 0 Å². The minimum atomic E-state index is -2.26. The zero-order valence-electron chi connectivity index (χ0n) is 20.5. The van der Waals surface area contributed by atoms with Gasteiger partial charge in [0.2, 0.25) is 0 Å². The van der Waals surface area contributed by atoms with Crippen LogP contribution in [0.2, 0.25) is 0 Å². The summed E-state index contributed by atoms with van der Waals surface area (Å²) in [4.78, 5) is 16.8. The molecule has 2 aliphatic heterocycles. The lowest BCUT2D eigenvalue weighted by Crippen LogP contribution is -2.53. The zero-order chi connectivity index (χ0) is 24.1.